The first-order valence-electron chi connectivity index (χ1n) is 6.15. The van der Waals surface area contributed by atoms with Gasteiger partial charge in [-0.05, 0) is 51.0 Å². The molecule has 0 aromatic rings. The molecule has 2 fully saturated rings. The molecule has 2 heteroatoms. The third-order valence-electron chi connectivity index (χ3n) is 3.71. The van der Waals surface area contributed by atoms with Gasteiger partial charge in [-0.1, -0.05) is 6.42 Å². The van der Waals surface area contributed by atoms with E-state index in [1.54, 1.807) is 0 Å². The van der Waals surface area contributed by atoms with Gasteiger partial charge in [-0.2, -0.15) is 0 Å². The largest absolute Gasteiger partial charge is 0.381 e. The second-order valence-corrected chi connectivity index (χ2v) is 4.89. The molecule has 2 saturated carbocycles. The Kier molecular flexibility index (Phi) is 3.82. The third kappa shape index (κ3) is 2.96. The van der Waals surface area contributed by atoms with E-state index in [1.165, 1.54) is 38.5 Å². The standard InChI is InChI=1S/C12H23NO/c1-13-12-4-2-3-11(12)7-8-14-9-10-5-6-10/h10-13H,2-9H2,1H3. The SMILES string of the molecule is CNC1CCCC1CCOCC1CC1. The minimum Gasteiger partial charge on any atom is -0.381 e. The summed E-state index contributed by atoms with van der Waals surface area (Å²) in [6.07, 6.45) is 8.24. The third-order valence-corrected chi connectivity index (χ3v) is 3.71. The van der Waals surface area contributed by atoms with Gasteiger partial charge in [-0.25, -0.2) is 0 Å². The Morgan fingerprint density at radius 3 is 2.79 bits per heavy atom. The van der Waals surface area contributed by atoms with Crippen molar-refractivity contribution in [2.24, 2.45) is 11.8 Å². The molecule has 2 aliphatic carbocycles. The van der Waals surface area contributed by atoms with Gasteiger partial charge in [0.1, 0.15) is 0 Å². The van der Waals surface area contributed by atoms with Crippen LogP contribution in [0, 0.1) is 11.8 Å². The molecule has 0 aliphatic heterocycles. The van der Waals surface area contributed by atoms with E-state index in [4.69, 9.17) is 4.74 Å². The first kappa shape index (κ1) is 10.4. The highest BCUT2D eigenvalue weighted by Gasteiger charge is 2.26. The predicted molar refractivity (Wildman–Crippen MR) is 58.3 cm³/mol. The van der Waals surface area contributed by atoms with Crippen molar-refractivity contribution in [1.82, 2.24) is 5.32 Å². The Labute approximate surface area is 87.4 Å². The first-order valence-corrected chi connectivity index (χ1v) is 6.15. The lowest BCUT2D eigenvalue weighted by molar-refractivity contribution is 0.108. The molecule has 2 atom stereocenters. The molecule has 0 heterocycles. The van der Waals surface area contributed by atoms with Gasteiger partial charge < -0.3 is 10.1 Å². The van der Waals surface area contributed by atoms with Crippen molar-refractivity contribution in [3.05, 3.63) is 0 Å². The number of rotatable bonds is 6. The van der Waals surface area contributed by atoms with Gasteiger partial charge in [0.15, 0.2) is 0 Å². The molecule has 1 N–H and O–H groups in total. The van der Waals surface area contributed by atoms with Gasteiger partial charge in [-0.3, -0.25) is 0 Å². The van der Waals surface area contributed by atoms with Crippen molar-refractivity contribution in [2.75, 3.05) is 20.3 Å². The lowest BCUT2D eigenvalue weighted by Crippen LogP contribution is -2.29. The van der Waals surface area contributed by atoms with Crippen molar-refractivity contribution in [2.45, 2.75) is 44.6 Å². The summed E-state index contributed by atoms with van der Waals surface area (Å²) in [6, 6.07) is 0.763. The van der Waals surface area contributed by atoms with Gasteiger partial charge in [0.05, 0.1) is 0 Å². The van der Waals surface area contributed by atoms with Crippen LogP contribution in [0.15, 0.2) is 0 Å². The quantitative estimate of drug-likeness (QED) is 0.659. The minimum atomic E-state index is 0.763. The van der Waals surface area contributed by atoms with Crippen LogP contribution < -0.4 is 5.32 Å². The normalized spacial score (nSPS) is 32.4. The van der Waals surface area contributed by atoms with E-state index >= 15 is 0 Å². The molecule has 2 rings (SSSR count). The Morgan fingerprint density at radius 2 is 2.07 bits per heavy atom. The molecule has 2 nitrogen and oxygen atoms in total. The topological polar surface area (TPSA) is 21.3 Å². The second kappa shape index (κ2) is 5.13. The number of nitrogens with one attached hydrogen (secondary N) is 1. The van der Waals surface area contributed by atoms with Gasteiger partial charge in [-0.15, -0.1) is 0 Å². The van der Waals surface area contributed by atoms with Crippen LogP contribution in [0.1, 0.15) is 38.5 Å². The molecule has 14 heavy (non-hydrogen) atoms. The zero-order chi connectivity index (χ0) is 9.80. The number of hydrogen-bond acceptors (Lipinski definition) is 2. The van der Waals surface area contributed by atoms with E-state index in [0.717, 1.165) is 31.1 Å². The van der Waals surface area contributed by atoms with E-state index in [9.17, 15) is 0 Å². The molecule has 0 aromatic heterocycles. The zero-order valence-electron chi connectivity index (χ0n) is 9.30. The van der Waals surface area contributed by atoms with Crippen LogP contribution in [-0.4, -0.2) is 26.3 Å². The average molecular weight is 197 g/mol. The zero-order valence-corrected chi connectivity index (χ0v) is 9.30. The van der Waals surface area contributed by atoms with Crippen molar-refractivity contribution < 1.29 is 4.74 Å². The number of hydrogen-bond donors (Lipinski definition) is 1. The highest BCUT2D eigenvalue weighted by molar-refractivity contribution is 4.81. The van der Waals surface area contributed by atoms with Gasteiger partial charge in [0, 0.05) is 19.3 Å². The summed E-state index contributed by atoms with van der Waals surface area (Å²) < 4.78 is 5.68. The Bertz CT molecular complexity index is 168. The van der Waals surface area contributed by atoms with Crippen LogP contribution in [0.3, 0.4) is 0 Å². The van der Waals surface area contributed by atoms with Gasteiger partial charge in [0.2, 0.25) is 0 Å². The lowest BCUT2D eigenvalue weighted by Gasteiger charge is -2.18. The molecule has 0 bridgehead atoms. The molecule has 0 aromatic carbocycles. The maximum Gasteiger partial charge on any atom is 0.0494 e. The van der Waals surface area contributed by atoms with E-state index in [1.807, 2.05) is 0 Å². The summed E-state index contributed by atoms with van der Waals surface area (Å²) >= 11 is 0. The molecule has 0 spiro atoms. The summed E-state index contributed by atoms with van der Waals surface area (Å²) in [4.78, 5) is 0. The van der Waals surface area contributed by atoms with E-state index < -0.39 is 0 Å². The Hall–Kier alpha value is -0.0800. The summed E-state index contributed by atoms with van der Waals surface area (Å²) in [5.74, 6) is 1.79. The first-order chi connectivity index (χ1) is 6.90. The Balaban J connectivity index is 1.54. The molecule has 2 unspecified atom stereocenters. The Morgan fingerprint density at radius 1 is 1.21 bits per heavy atom. The van der Waals surface area contributed by atoms with Crippen molar-refractivity contribution >= 4 is 0 Å². The molecule has 2 aliphatic rings. The summed E-state index contributed by atoms with van der Waals surface area (Å²) in [5.41, 5.74) is 0. The van der Waals surface area contributed by atoms with E-state index in [0.29, 0.717) is 0 Å². The fourth-order valence-corrected chi connectivity index (χ4v) is 2.53. The average Bonchev–Trinajstić information content (AvgIpc) is 2.91. The van der Waals surface area contributed by atoms with E-state index in [-0.39, 0.29) is 0 Å². The monoisotopic (exact) mass is 197 g/mol. The highest BCUT2D eigenvalue weighted by atomic mass is 16.5. The van der Waals surface area contributed by atoms with E-state index in [2.05, 4.69) is 12.4 Å². The van der Waals surface area contributed by atoms with Crippen LogP contribution in [0.4, 0.5) is 0 Å². The fourth-order valence-electron chi connectivity index (χ4n) is 2.53. The smallest absolute Gasteiger partial charge is 0.0494 e. The summed E-state index contributed by atoms with van der Waals surface area (Å²) in [6.45, 7) is 2.01. The molecular weight excluding hydrogens is 174 g/mol. The minimum absolute atomic E-state index is 0.763. The maximum absolute atomic E-state index is 5.68. The molecule has 0 saturated heterocycles. The van der Waals surface area contributed by atoms with Crippen LogP contribution in [0.25, 0.3) is 0 Å². The predicted octanol–water partition coefficient (Wildman–Crippen LogP) is 2.19. The molecule has 0 radical (unpaired) electrons. The molecule has 82 valence electrons. The van der Waals surface area contributed by atoms with Crippen molar-refractivity contribution in [1.29, 1.82) is 0 Å². The maximum atomic E-state index is 5.68. The number of ether oxygens (including phenoxy) is 1. The second-order valence-electron chi connectivity index (χ2n) is 4.89. The fraction of sp³-hybridized carbons (Fsp3) is 1.00. The van der Waals surface area contributed by atoms with Crippen molar-refractivity contribution in [3.8, 4) is 0 Å². The van der Waals surface area contributed by atoms with Crippen LogP contribution in [-0.2, 0) is 4.74 Å². The lowest BCUT2D eigenvalue weighted by atomic mass is 10.0. The molecule has 0 amide bonds. The summed E-state index contributed by atoms with van der Waals surface area (Å²) in [7, 11) is 2.09. The van der Waals surface area contributed by atoms with Gasteiger partial charge >= 0.3 is 0 Å². The van der Waals surface area contributed by atoms with Crippen molar-refractivity contribution in [3.63, 3.8) is 0 Å². The van der Waals surface area contributed by atoms with Crippen LogP contribution in [0.5, 0.6) is 0 Å². The van der Waals surface area contributed by atoms with Crippen LogP contribution >= 0.6 is 0 Å². The summed E-state index contributed by atoms with van der Waals surface area (Å²) in [5, 5.41) is 3.42. The van der Waals surface area contributed by atoms with Gasteiger partial charge in [0.25, 0.3) is 0 Å². The van der Waals surface area contributed by atoms with Crippen LogP contribution in [0.2, 0.25) is 0 Å². The molecular formula is C12H23NO. The highest BCUT2D eigenvalue weighted by Crippen LogP contribution is 2.30.